The average molecular weight is 357 g/mol. The zero-order valence-electron chi connectivity index (χ0n) is 16.4. The van der Waals surface area contributed by atoms with E-state index in [1.165, 1.54) is 50.5 Å². The lowest BCUT2D eigenvalue weighted by molar-refractivity contribution is 0.553. The van der Waals surface area contributed by atoms with E-state index in [0.717, 1.165) is 31.2 Å². The van der Waals surface area contributed by atoms with Crippen LogP contribution in [0.5, 0.6) is 0 Å². The Balaban J connectivity index is 1.88. The van der Waals surface area contributed by atoms with Gasteiger partial charge in [0.15, 0.2) is 5.82 Å². The minimum Gasteiger partial charge on any atom is -0.236 e. The first-order valence-corrected chi connectivity index (χ1v) is 10.3. The molecule has 0 radical (unpaired) electrons. The predicted octanol–water partition coefficient (Wildman–Crippen LogP) is 6.92. The van der Waals surface area contributed by atoms with Crippen LogP contribution in [0, 0.1) is 5.95 Å². The van der Waals surface area contributed by atoms with E-state index in [0.29, 0.717) is 11.4 Å². The van der Waals surface area contributed by atoms with Crippen LogP contribution in [-0.2, 0) is 12.8 Å². The second-order valence-electron chi connectivity index (χ2n) is 7.18. The van der Waals surface area contributed by atoms with Crippen LogP contribution in [0.15, 0.2) is 30.5 Å². The highest BCUT2D eigenvalue weighted by molar-refractivity contribution is 5.55. The van der Waals surface area contributed by atoms with Gasteiger partial charge < -0.3 is 0 Å². The maximum Gasteiger partial charge on any atom is 0.219 e. The lowest BCUT2D eigenvalue weighted by atomic mass is 10.0. The molecule has 0 aliphatic carbocycles. The molecular weight excluding hydrogens is 323 g/mol. The monoisotopic (exact) mass is 356 g/mol. The molecule has 0 atom stereocenters. The number of unbranched alkanes of at least 4 members (excludes halogenated alkanes) is 7. The first-order chi connectivity index (χ1) is 12.7. The van der Waals surface area contributed by atoms with Crippen molar-refractivity contribution in [3.63, 3.8) is 0 Å². The number of aryl methyl sites for hydroxylation is 2. The number of hydrogen-bond acceptors (Lipinski definition) is 2. The summed E-state index contributed by atoms with van der Waals surface area (Å²) >= 11 is 0. The van der Waals surface area contributed by atoms with Gasteiger partial charge in [-0.05, 0) is 31.2 Å². The van der Waals surface area contributed by atoms with E-state index < -0.39 is 0 Å². The molecule has 2 rings (SSSR count). The van der Waals surface area contributed by atoms with Crippen molar-refractivity contribution in [3.05, 3.63) is 47.5 Å². The normalized spacial score (nSPS) is 11.0. The molecule has 1 aromatic heterocycles. The largest absolute Gasteiger partial charge is 0.236 e. The highest BCUT2D eigenvalue weighted by Gasteiger charge is 2.08. The summed E-state index contributed by atoms with van der Waals surface area (Å²) in [5.41, 5.74) is 2.85. The van der Waals surface area contributed by atoms with Crippen LogP contribution < -0.4 is 0 Å². The van der Waals surface area contributed by atoms with Gasteiger partial charge in [0.2, 0.25) is 5.95 Å². The first kappa shape index (κ1) is 20.5. The van der Waals surface area contributed by atoms with Crippen molar-refractivity contribution in [2.45, 2.75) is 84.5 Å². The Labute approximate surface area is 158 Å². The molecule has 0 saturated heterocycles. The van der Waals surface area contributed by atoms with E-state index in [1.807, 2.05) is 12.1 Å². The highest BCUT2D eigenvalue weighted by Crippen LogP contribution is 2.19. The molecular formula is C23H33FN2. The Morgan fingerprint density at radius 1 is 0.769 bits per heavy atom. The number of hydrogen-bond donors (Lipinski definition) is 0. The van der Waals surface area contributed by atoms with Gasteiger partial charge in [-0.2, -0.15) is 9.37 Å². The number of benzene rings is 1. The smallest absolute Gasteiger partial charge is 0.219 e. The number of halogens is 1. The van der Waals surface area contributed by atoms with Crippen LogP contribution in [0.1, 0.15) is 82.8 Å². The Bertz CT molecular complexity index is 637. The van der Waals surface area contributed by atoms with Crippen molar-refractivity contribution in [1.82, 2.24) is 9.97 Å². The Morgan fingerprint density at radius 3 is 2.04 bits per heavy atom. The molecule has 0 N–H and O–H groups in total. The quantitative estimate of drug-likeness (QED) is 0.305. The fourth-order valence-corrected chi connectivity index (χ4v) is 3.19. The summed E-state index contributed by atoms with van der Waals surface area (Å²) in [5.74, 6) is 0.112. The summed E-state index contributed by atoms with van der Waals surface area (Å²) in [4.78, 5) is 8.47. The van der Waals surface area contributed by atoms with Crippen molar-refractivity contribution in [1.29, 1.82) is 0 Å². The molecule has 2 nitrogen and oxygen atoms in total. The fraction of sp³-hybridized carbons (Fsp3) is 0.565. The van der Waals surface area contributed by atoms with E-state index in [1.54, 1.807) is 6.20 Å². The average Bonchev–Trinajstić information content (AvgIpc) is 2.66. The van der Waals surface area contributed by atoms with Crippen LogP contribution >= 0.6 is 0 Å². The minimum absolute atomic E-state index is 0.369. The number of rotatable bonds is 12. The van der Waals surface area contributed by atoms with Gasteiger partial charge in [-0.3, -0.25) is 0 Å². The third kappa shape index (κ3) is 6.86. The van der Waals surface area contributed by atoms with Gasteiger partial charge in [-0.25, -0.2) is 4.98 Å². The molecule has 0 spiro atoms. The molecule has 0 unspecified atom stereocenters. The molecule has 0 bridgehead atoms. The standard InChI is InChI=1S/C23H33FN2/c1-3-5-7-9-10-12-19-14-16-20(17-15-19)23-25-18-21(22(24)26-23)13-11-8-6-4-2/h14-18H,3-13H2,1-2H3. The third-order valence-corrected chi connectivity index (χ3v) is 4.89. The summed E-state index contributed by atoms with van der Waals surface area (Å²) < 4.78 is 14.2. The molecule has 1 heterocycles. The van der Waals surface area contributed by atoms with E-state index in [4.69, 9.17) is 0 Å². The van der Waals surface area contributed by atoms with E-state index >= 15 is 0 Å². The van der Waals surface area contributed by atoms with Crippen LogP contribution in [0.2, 0.25) is 0 Å². The summed E-state index contributed by atoms with van der Waals surface area (Å²) in [5, 5.41) is 0. The molecule has 0 saturated carbocycles. The van der Waals surface area contributed by atoms with Crippen molar-refractivity contribution in [3.8, 4) is 11.4 Å². The Morgan fingerprint density at radius 2 is 1.38 bits per heavy atom. The zero-order valence-corrected chi connectivity index (χ0v) is 16.4. The second-order valence-corrected chi connectivity index (χ2v) is 7.18. The number of aromatic nitrogens is 2. The maximum atomic E-state index is 14.2. The maximum absolute atomic E-state index is 14.2. The van der Waals surface area contributed by atoms with Crippen molar-refractivity contribution < 1.29 is 4.39 Å². The van der Waals surface area contributed by atoms with E-state index in [-0.39, 0.29) is 5.95 Å². The number of nitrogens with zero attached hydrogens (tertiary/aromatic N) is 2. The lowest BCUT2D eigenvalue weighted by Crippen LogP contribution is -1.99. The Hall–Kier alpha value is -1.77. The summed E-state index contributed by atoms with van der Waals surface area (Å²) in [6.07, 6.45) is 14.5. The molecule has 0 aliphatic heterocycles. The summed E-state index contributed by atoms with van der Waals surface area (Å²) in [7, 11) is 0. The van der Waals surface area contributed by atoms with Gasteiger partial charge in [-0.1, -0.05) is 83.1 Å². The van der Waals surface area contributed by atoms with Gasteiger partial charge in [0.05, 0.1) is 0 Å². The topological polar surface area (TPSA) is 25.8 Å². The van der Waals surface area contributed by atoms with Gasteiger partial charge in [0, 0.05) is 17.3 Å². The molecule has 26 heavy (non-hydrogen) atoms. The van der Waals surface area contributed by atoms with Gasteiger partial charge in [-0.15, -0.1) is 0 Å². The second kappa shape index (κ2) is 11.8. The summed E-state index contributed by atoms with van der Waals surface area (Å²) in [6.45, 7) is 4.42. The van der Waals surface area contributed by atoms with E-state index in [2.05, 4.69) is 35.9 Å². The van der Waals surface area contributed by atoms with Crippen molar-refractivity contribution in [2.75, 3.05) is 0 Å². The predicted molar refractivity (Wildman–Crippen MR) is 108 cm³/mol. The molecule has 1 aromatic carbocycles. The summed E-state index contributed by atoms with van der Waals surface area (Å²) in [6, 6.07) is 8.26. The molecule has 142 valence electrons. The fourth-order valence-electron chi connectivity index (χ4n) is 3.19. The molecule has 0 amide bonds. The van der Waals surface area contributed by atoms with Crippen molar-refractivity contribution in [2.24, 2.45) is 0 Å². The van der Waals surface area contributed by atoms with Crippen LogP contribution in [-0.4, -0.2) is 9.97 Å². The zero-order chi connectivity index (χ0) is 18.6. The van der Waals surface area contributed by atoms with Crippen LogP contribution in [0.3, 0.4) is 0 Å². The first-order valence-electron chi connectivity index (χ1n) is 10.3. The van der Waals surface area contributed by atoms with Gasteiger partial charge >= 0.3 is 0 Å². The van der Waals surface area contributed by atoms with Gasteiger partial charge in [0.25, 0.3) is 0 Å². The lowest BCUT2D eigenvalue weighted by Gasteiger charge is -2.06. The molecule has 0 fully saturated rings. The van der Waals surface area contributed by atoms with Crippen molar-refractivity contribution >= 4 is 0 Å². The molecule has 0 aliphatic rings. The SMILES string of the molecule is CCCCCCCc1ccc(-c2ncc(CCCCCC)c(F)n2)cc1. The van der Waals surface area contributed by atoms with Gasteiger partial charge in [0.1, 0.15) is 0 Å². The van der Waals surface area contributed by atoms with Crippen LogP contribution in [0.25, 0.3) is 11.4 Å². The highest BCUT2D eigenvalue weighted by atomic mass is 19.1. The van der Waals surface area contributed by atoms with E-state index in [9.17, 15) is 4.39 Å². The van der Waals surface area contributed by atoms with Crippen LogP contribution in [0.4, 0.5) is 4.39 Å². The third-order valence-electron chi connectivity index (χ3n) is 4.89. The molecule has 2 aromatic rings. The molecule has 3 heteroatoms. The Kier molecular flexibility index (Phi) is 9.30. The minimum atomic E-state index is -0.369.